The Hall–Kier alpha value is -3.82. The molecular weight excluding hydrogens is 439 g/mol. The molecule has 3 aromatic rings. The second-order valence-electron chi connectivity index (χ2n) is 8.94. The normalized spacial score (nSPS) is 17.9. The summed E-state index contributed by atoms with van der Waals surface area (Å²) in [7, 11) is 1.61. The van der Waals surface area contributed by atoms with Crippen LogP contribution in [0.5, 0.6) is 0 Å². The summed E-state index contributed by atoms with van der Waals surface area (Å²) in [5.74, 6) is -0.804. The first-order chi connectivity index (χ1) is 16.4. The maximum absolute atomic E-state index is 13.9. The van der Waals surface area contributed by atoms with Crippen LogP contribution in [0.3, 0.4) is 0 Å². The van der Waals surface area contributed by atoms with Crippen molar-refractivity contribution < 1.29 is 14.0 Å². The minimum absolute atomic E-state index is 0.0994. The number of nitrogens with one attached hydrogen (secondary N) is 1. The largest absolute Gasteiger partial charge is 0.337 e. The zero-order valence-corrected chi connectivity index (χ0v) is 18.8. The Bertz CT molecular complexity index is 1310. The van der Waals surface area contributed by atoms with E-state index in [4.69, 9.17) is 0 Å². The fourth-order valence-electron chi connectivity index (χ4n) is 4.25. The number of carbonyl (C=O) groups excluding carboxylic acids is 2. The van der Waals surface area contributed by atoms with Crippen LogP contribution >= 0.6 is 0 Å². The molecule has 5 rings (SSSR count). The Morgan fingerprint density at radius 2 is 2.00 bits per heavy atom. The molecule has 0 saturated heterocycles. The standard InChI is InChI=1S/C24H25FN6O3/c1-29-20-10-21(32)30(11-15-6-7-15)12-17(20)8-9-19(24(29)34)27-23(33)22-26-14-31(28-22)13-16-4-2-3-5-18(16)25/h2-5,10,12,14-15,19H,6-9,11,13H2,1H3,(H,27,33)/t19-/m0/s1. The molecule has 34 heavy (non-hydrogen) atoms. The number of carbonyl (C=O) groups is 2. The third-order valence-corrected chi connectivity index (χ3v) is 6.36. The van der Waals surface area contributed by atoms with E-state index in [0.717, 1.165) is 18.4 Å². The molecule has 1 aliphatic carbocycles. The van der Waals surface area contributed by atoms with Gasteiger partial charge in [0.05, 0.1) is 12.2 Å². The van der Waals surface area contributed by atoms with Gasteiger partial charge in [-0.25, -0.2) is 14.1 Å². The smallest absolute Gasteiger partial charge is 0.291 e. The maximum Gasteiger partial charge on any atom is 0.291 e. The van der Waals surface area contributed by atoms with E-state index in [-0.39, 0.29) is 29.7 Å². The Morgan fingerprint density at radius 3 is 2.76 bits per heavy atom. The lowest BCUT2D eigenvalue weighted by atomic mass is 10.1. The lowest BCUT2D eigenvalue weighted by Crippen LogP contribution is -2.47. The van der Waals surface area contributed by atoms with Gasteiger partial charge < -0.3 is 14.8 Å². The second-order valence-corrected chi connectivity index (χ2v) is 8.94. The number of likely N-dealkylation sites (N-methyl/N-ethyl adjacent to an activating group) is 1. The number of fused-ring (bicyclic) bond motifs is 1. The number of aromatic nitrogens is 4. The summed E-state index contributed by atoms with van der Waals surface area (Å²) in [5, 5.41) is 6.86. The van der Waals surface area contributed by atoms with E-state index in [2.05, 4.69) is 15.4 Å². The molecule has 1 aliphatic heterocycles. The quantitative estimate of drug-likeness (QED) is 0.599. The zero-order chi connectivity index (χ0) is 23.8. The van der Waals surface area contributed by atoms with Gasteiger partial charge in [0.15, 0.2) is 0 Å². The first-order valence-corrected chi connectivity index (χ1v) is 11.3. The highest BCUT2D eigenvalue weighted by Crippen LogP contribution is 2.31. The van der Waals surface area contributed by atoms with Crippen LogP contribution in [-0.2, 0) is 24.3 Å². The highest BCUT2D eigenvalue weighted by molar-refractivity contribution is 6.01. The molecule has 3 heterocycles. The molecule has 2 aromatic heterocycles. The predicted molar refractivity (Wildman–Crippen MR) is 122 cm³/mol. The number of nitrogens with zero attached hydrogens (tertiary/aromatic N) is 5. The van der Waals surface area contributed by atoms with Gasteiger partial charge in [0, 0.05) is 31.4 Å². The molecule has 1 fully saturated rings. The van der Waals surface area contributed by atoms with Crippen LogP contribution in [-0.4, -0.2) is 44.2 Å². The van der Waals surface area contributed by atoms with E-state index < -0.39 is 11.9 Å². The molecule has 1 aromatic carbocycles. The number of hydrogen-bond donors (Lipinski definition) is 1. The van der Waals surface area contributed by atoms with Crippen LogP contribution in [0.15, 0.2) is 47.7 Å². The van der Waals surface area contributed by atoms with Crippen molar-refractivity contribution in [2.24, 2.45) is 5.92 Å². The minimum atomic E-state index is -0.782. The molecule has 0 bridgehead atoms. The summed E-state index contributed by atoms with van der Waals surface area (Å²) in [6.07, 6.45) is 6.40. The number of pyridine rings is 1. The highest BCUT2D eigenvalue weighted by Gasteiger charge is 2.31. The average Bonchev–Trinajstić information content (AvgIpc) is 3.54. The maximum atomic E-state index is 13.9. The number of halogens is 1. The summed E-state index contributed by atoms with van der Waals surface area (Å²) >= 11 is 0. The van der Waals surface area contributed by atoms with E-state index in [9.17, 15) is 18.8 Å². The van der Waals surface area contributed by atoms with Crippen LogP contribution in [0.25, 0.3) is 0 Å². The minimum Gasteiger partial charge on any atom is -0.337 e. The molecule has 176 valence electrons. The summed E-state index contributed by atoms with van der Waals surface area (Å²) in [6.45, 7) is 0.830. The van der Waals surface area contributed by atoms with Crippen molar-refractivity contribution in [1.82, 2.24) is 24.6 Å². The first kappa shape index (κ1) is 22.0. The molecule has 1 saturated carbocycles. The van der Waals surface area contributed by atoms with Crippen molar-refractivity contribution in [3.8, 4) is 0 Å². The fourth-order valence-corrected chi connectivity index (χ4v) is 4.25. The van der Waals surface area contributed by atoms with Crippen molar-refractivity contribution in [2.45, 2.75) is 44.8 Å². The summed E-state index contributed by atoms with van der Waals surface area (Å²) in [5.41, 5.74) is 1.78. The van der Waals surface area contributed by atoms with Gasteiger partial charge in [-0.3, -0.25) is 14.4 Å². The van der Waals surface area contributed by atoms with Crippen LogP contribution in [0.4, 0.5) is 10.1 Å². The Kier molecular flexibility index (Phi) is 5.72. The highest BCUT2D eigenvalue weighted by atomic mass is 19.1. The third kappa shape index (κ3) is 4.48. The second kappa shape index (κ2) is 8.85. The number of benzene rings is 1. The number of rotatable bonds is 6. The van der Waals surface area contributed by atoms with Gasteiger partial charge in [0.1, 0.15) is 18.2 Å². The van der Waals surface area contributed by atoms with Gasteiger partial charge in [-0.1, -0.05) is 18.2 Å². The van der Waals surface area contributed by atoms with Gasteiger partial charge in [-0.05, 0) is 43.2 Å². The van der Waals surface area contributed by atoms with Gasteiger partial charge in [0.2, 0.25) is 11.7 Å². The van der Waals surface area contributed by atoms with Gasteiger partial charge >= 0.3 is 0 Å². The van der Waals surface area contributed by atoms with Gasteiger partial charge in [-0.2, -0.15) is 0 Å². The Labute approximate surface area is 195 Å². The van der Waals surface area contributed by atoms with Crippen LogP contribution in [0.1, 0.15) is 41.0 Å². The van der Waals surface area contributed by atoms with Crippen molar-refractivity contribution in [1.29, 1.82) is 0 Å². The first-order valence-electron chi connectivity index (χ1n) is 11.3. The lowest BCUT2D eigenvalue weighted by Gasteiger charge is -2.22. The average molecular weight is 465 g/mol. The Balaban J connectivity index is 1.29. The molecule has 10 heteroatoms. The van der Waals surface area contributed by atoms with E-state index >= 15 is 0 Å². The van der Waals surface area contributed by atoms with Crippen molar-refractivity contribution in [3.63, 3.8) is 0 Å². The van der Waals surface area contributed by atoms with Gasteiger partial charge in [0.25, 0.3) is 11.5 Å². The van der Waals surface area contributed by atoms with Crippen LogP contribution < -0.4 is 15.8 Å². The summed E-state index contributed by atoms with van der Waals surface area (Å²) in [4.78, 5) is 43.8. The number of anilines is 1. The van der Waals surface area contributed by atoms with Crippen molar-refractivity contribution >= 4 is 17.5 Å². The monoisotopic (exact) mass is 464 g/mol. The molecule has 0 radical (unpaired) electrons. The molecule has 0 unspecified atom stereocenters. The number of hydrogen-bond acceptors (Lipinski definition) is 5. The van der Waals surface area contributed by atoms with E-state index in [1.807, 2.05) is 6.20 Å². The van der Waals surface area contributed by atoms with Gasteiger partial charge in [-0.15, -0.1) is 5.10 Å². The summed E-state index contributed by atoms with van der Waals surface area (Å²) < 4.78 is 17.0. The van der Waals surface area contributed by atoms with E-state index in [1.165, 1.54) is 28.0 Å². The molecule has 9 nitrogen and oxygen atoms in total. The number of aryl methyl sites for hydroxylation is 1. The number of amides is 2. The molecular formula is C24H25FN6O3. The van der Waals surface area contributed by atoms with Crippen LogP contribution in [0.2, 0.25) is 0 Å². The third-order valence-electron chi connectivity index (χ3n) is 6.36. The molecule has 1 N–H and O–H groups in total. The van der Waals surface area contributed by atoms with E-state index in [1.54, 1.807) is 29.8 Å². The zero-order valence-electron chi connectivity index (χ0n) is 18.8. The predicted octanol–water partition coefficient (Wildman–Crippen LogP) is 1.74. The fraction of sp³-hybridized carbons (Fsp3) is 0.375. The molecule has 2 amide bonds. The SMILES string of the molecule is CN1C(=O)[C@@H](NC(=O)c2ncn(Cc3ccccc3F)n2)CCc2cn(CC3CC3)c(=O)cc21. The molecule has 0 spiro atoms. The molecule has 2 aliphatic rings. The lowest BCUT2D eigenvalue weighted by molar-refractivity contribution is -0.120. The summed E-state index contributed by atoms with van der Waals surface area (Å²) in [6, 6.07) is 7.04. The van der Waals surface area contributed by atoms with Crippen molar-refractivity contribution in [3.05, 3.63) is 76.0 Å². The topological polar surface area (TPSA) is 102 Å². The van der Waals surface area contributed by atoms with Crippen LogP contribution in [0, 0.1) is 11.7 Å². The molecule has 1 atom stereocenters. The van der Waals surface area contributed by atoms with E-state index in [0.29, 0.717) is 36.6 Å². The van der Waals surface area contributed by atoms with Crippen molar-refractivity contribution in [2.75, 3.05) is 11.9 Å². The Morgan fingerprint density at radius 1 is 1.21 bits per heavy atom.